The molecule has 1 unspecified atom stereocenters. The standard InChI is InChI=1S/C6H6N2O4.C6H6N2O2/c9-5(10)6(8(11)12)2-1-3-7-4-6;1-5-2-3-7-4-6(5)8(9)10/h1-3H,4H2,(H,9,10);2-4H,1H3. The van der Waals surface area contributed by atoms with Crippen molar-refractivity contribution < 1.29 is 19.7 Å². The Hall–Kier alpha value is -3.17. The molecule has 2 heterocycles. The third-order valence-corrected chi connectivity index (χ3v) is 2.80. The smallest absolute Gasteiger partial charge is 0.388 e. The van der Waals surface area contributed by atoms with Crippen molar-refractivity contribution in [2.75, 3.05) is 6.54 Å². The molecule has 2 rings (SSSR count). The van der Waals surface area contributed by atoms with Gasteiger partial charge in [-0.05, 0) is 19.1 Å². The first-order chi connectivity index (χ1) is 10.3. The van der Waals surface area contributed by atoms with Gasteiger partial charge < -0.3 is 5.11 Å². The predicted octanol–water partition coefficient (Wildman–Crippen LogP) is 1.03. The van der Waals surface area contributed by atoms with E-state index in [0.717, 1.165) is 6.08 Å². The normalized spacial score (nSPS) is 19.0. The number of rotatable bonds is 3. The van der Waals surface area contributed by atoms with Crippen molar-refractivity contribution in [2.24, 2.45) is 4.99 Å². The molecule has 0 aliphatic carbocycles. The fourth-order valence-electron chi connectivity index (χ4n) is 1.49. The van der Waals surface area contributed by atoms with Gasteiger partial charge in [0.25, 0.3) is 5.69 Å². The lowest BCUT2D eigenvalue weighted by Gasteiger charge is -2.16. The molecule has 1 aromatic rings. The van der Waals surface area contributed by atoms with E-state index in [2.05, 4.69) is 9.98 Å². The molecule has 0 saturated carbocycles. The summed E-state index contributed by atoms with van der Waals surface area (Å²) in [5.74, 6) is -1.49. The molecule has 0 bridgehead atoms. The number of nitro groups is 2. The van der Waals surface area contributed by atoms with Crippen molar-refractivity contribution in [1.82, 2.24) is 4.98 Å². The second kappa shape index (κ2) is 7.02. The number of hydrogen-bond donors (Lipinski definition) is 1. The van der Waals surface area contributed by atoms with Crippen LogP contribution < -0.4 is 0 Å². The number of aromatic nitrogens is 1. The lowest BCUT2D eigenvalue weighted by molar-refractivity contribution is -0.537. The highest BCUT2D eigenvalue weighted by Gasteiger charge is 2.49. The maximum absolute atomic E-state index is 10.6. The lowest BCUT2D eigenvalue weighted by Crippen LogP contribution is -2.48. The molecule has 0 amide bonds. The van der Waals surface area contributed by atoms with E-state index in [1.54, 1.807) is 13.0 Å². The molecule has 0 spiro atoms. The lowest BCUT2D eigenvalue weighted by atomic mass is 9.99. The summed E-state index contributed by atoms with van der Waals surface area (Å²) in [6, 6.07) is 1.61. The first-order valence-electron chi connectivity index (χ1n) is 5.92. The number of dihydropyridines is 1. The summed E-state index contributed by atoms with van der Waals surface area (Å²) in [6.45, 7) is 1.34. The molecule has 1 aliphatic rings. The maximum atomic E-state index is 10.6. The Morgan fingerprint density at radius 3 is 2.41 bits per heavy atom. The van der Waals surface area contributed by atoms with Gasteiger partial charge in [0.05, 0.1) is 4.92 Å². The highest BCUT2D eigenvalue weighted by molar-refractivity contribution is 5.84. The van der Waals surface area contributed by atoms with Crippen LogP contribution in [0.25, 0.3) is 0 Å². The number of nitrogens with zero attached hydrogens (tertiary/aromatic N) is 4. The predicted molar refractivity (Wildman–Crippen MR) is 75.5 cm³/mol. The number of hydrogen-bond acceptors (Lipinski definition) is 7. The Bertz CT molecular complexity index is 641. The van der Waals surface area contributed by atoms with E-state index in [-0.39, 0.29) is 12.2 Å². The molecule has 0 radical (unpaired) electrons. The number of aliphatic carboxylic acids is 1. The largest absolute Gasteiger partial charge is 0.476 e. The molecule has 10 heteroatoms. The summed E-state index contributed by atoms with van der Waals surface area (Å²) in [5, 5.41) is 29.2. The number of allylic oxidation sites excluding steroid dienone is 1. The maximum Gasteiger partial charge on any atom is 0.388 e. The van der Waals surface area contributed by atoms with Crippen LogP contribution in [0.15, 0.2) is 35.6 Å². The van der Waals surface area contributed by atoms with Crippen LogP contribution >= 0.6 is 0 Å². The third-order valence-electron chi connectivity index (χ3n) is 2.80. The summed E-state index contributed by atoms with van der Waals surface area (Å²) in [6.07, 6.45) is 6.41. The number of carboxylic acid groups (broad SMARTS) is 1. The molecule has 22 heavy (non-hydrogen) atoms. The van der Waals surface area contributed by atoms with Crippen LogP contribution in [0.2, 0.25) is 0 Å². The second-order valence-electron chi connectivity index (χ2n) is 4.25. The second-order valence-corrected chi connectivity index (χ2v) is 4.25. The Kier molecular flexibility index (Phi) is 5.38. The van der Waals surface area contributed by atoms with Crippen molar-refractivity contribution in [1.29, 1.82) is 0 Å². The van der Waals surface area contributed by atoms with Gasteiger partial charge in [0.15, 0.2) is 0 Å². The Balaban J connectivity index is 0.000000224. The number of carboxylic acids is 1. The zero-order valence-electron chi connectivity index (χ0n) is 11.4. The van der Waals surface area contributed by atoms with Gasteiger partial charge in [0, 0.05) is 29.0 Å². The minimum Gasteiger partial charge on any atom is -0.476 e. The van der Waals surface area contributed by atoms with Crippen LogP contribution in [0.5, 0.6) is 0 Å². The Morgan fingerprint density at radius 1 is 1.41 bits per heavy atom. The van der Waals surface area contributed by atoms with E-state index in [1.807, 2.05) is 0 Å². The first-order valence-corrected chi connectivity index (χ1v) is 5.92. The van der Waals surface area contributed by atoms with E-state index in [1.165, 1.54) is 24.7 Å². The van der Waals surface area contributed by atoms with Gasteiger partial charge in [-0.3, -0.25) is 30.2 Å². The monoisotopic (exact) mass is 308 g/mol. The molecule has 116 valence electrons. The highest BCUT2D eigenvalue weighted by Crippen LogP contribution is 2.15. The molecule has 10 nitrogen and oxygen atoms in total. The van der Waals surface area contributed by atoms with Gasteiger partial charge in [-0.25, -0.2) is 4.79 Å². The minimum atomic E-state index is -2.06. The molecule has 0 fully saturated rings. The van der Waals surface area contributed by atoms with E-state index < -0.39 is 21.4 Å². The first kappa shape index (κ1) is 16.9. The highest BCUT2D eigenvalue weighted by atomic mass is 16.6. The Morgan fingerprint density at radius 2 is 2.09 bits per heavy atom. The molecular formula is C12H12N4O6. The molecule has 0 aromatic carbocycles. The van der Waals surface area contributed by atoms with Crippen LogP contribution in [0.4, 0.5) is 5.69 Å². The van der Waals surface area contributed by atoms with Gasteiger partial charge in [0.2, 0.25) is 0 Å². The third kappa shape index (κ3) is 3.69. The molecule has 0 saturated heterocycles. The fraction of sp³-hybridized carbons (Fsp3) is 0.250. The summed E-state index contributed by atoms with van der Waals surface area (Å²) in [5.41, 5.74) is -1.35. The van der Waals surface area contributed by atoms with Crippen molar-refractivity contribution in [3.05, 3.63) is 56.4 Å². The van der Waals surface area contributed by atoms with Crippen molar-refractivity contribution >= 4 is 17.9 Å². The molecule has 1 aliphatic heterocycles. The average molecular weight is 308 g/mol. The zero-order chi connectivity index (χ0) is 16.8. The summed E-state index contributed by atoms with van der Waals surface area (Å²) >= 11 is 0. The van der Waals surface area contributed by atoms with Crippen LogP contribution in [-0.4, -0.2) is 44.2 Å². The topological polar surface area (TPSA) is 149 Å². The summed E-state index contributed by atoms with van der Waals surface area (Å²) < 4.78 is 0. The molecule has 1 N–H and O–H groups in total. The zero-order valence-corrected chi connectivity index (χ0v) is 11.4. The van der Waals surface area contributed by atoms with Crippen molar-refractivity contribution in [3.8, 4) is 0 Å². The van der Waals surface area contributed by atoms with E-state index in [4.69, 9.17) is 5.11 Å². The number of aryl methyl sites for hydroxylation is 1. The number of aliphatic imine (C=N–C) groups is 1. The van der Waals surface area contributed by atoms with Gasteiger partial charge in [-0.15, -0.1) is 0 Å². The Labute approximate surface area is 124 Å². The van der Waals surface area contributed by atoms with Crippen molar-refractivity contribution in [3.63, 3.8) is 0 Å². The fourth-order valence-corrected chi connectivity index (χ4v) is 1.49. The van der Waals surface area contributed by atoms with Crippen LogP contribution in [-0.2, 0) is 4.79 Å². The van der Waals surface area contributed by atoms with Gasteiger partial charge in [-0.1, -0.05) is 0 Å². The van der Waals surface area contributed by atoms with E-state index in [0.29, 0.717) is 5.56 Å². The van der Waals surface area contributed by atoms with Crippen LogP contribution in [0.3, 0.4) is 0 Å². The van der Waals surface area contributed by atoms with Crippen LogP contribution in [0.1, 0.15) is 5.56 Å². The van der Waals surface area contributed by atoms with Crippen molar-refractivity contribution in [2.45, 2.75) is 12.5 Å². The molecule has 1 atom stereocenters. The summed E-state index contributed by atoms with van der Waals surface area (Å²) in [4.78, 5) is 37.0. The molecular weight excluding hydrogens is 296 g/mol. The SMILES string of the molecule is Cc1ccncc1[N+](=O)[O-].O=C(O)C1([N+](=O)[O-])C=CC=NC1. The van der Waals surface area contributed by atoms with E-state index in [9.17, 15) is 25.0 Å². The summed E-state index contributed by atoms with van der Waals surface area (Å²) in [7, 11) is 0. The van der Waals surface area contributed by atoms with Gasteiger partial charge >= 0.3 is 11.5 Å². The minimum absolute atomic E-state index is 0.0718. The molecule has 1 aromatic heterocycles. The average Bonchev–Trinajstić information content (AvgIpc) is 2.48. The quantitative estimate of drug-likeness (QED) is 0.647. The van der Waals surface area contributed by atoms with Crippen LogP contribution in [0, 0.1) is 27.2 Å². The number of carbonyl (C=O) groups is 1. The number of pyridine rings is 1. The van der Waals surface area contributed by atoms with E-state index >= 15 is 0 Å². The van der Waals surface area contributed by atoms with Gasteiger partial charge in [0.1, 0.15) is 12.7 Å². The van der Waals surface area contributed by atoms with Gasteiger partial charge in [-0.2, -0.15) is 0 Å².